The number of ether oxygens (including phenoxy) is 3. The molecule has 3 aromatic rings. The van der Waals surface area contributed by atoms with Gasteiger partial charge in [-0.1, -0.05) is 36.4 Å². The molecule has 1 atom stereocenters. The van der Waals surface area contributed by atoms with Gasteiger partial charge < -0.3 is 19.5 Å². The number of halogens is 2. The van der Waals surface area contributed by atoms with E-state index in [-0.39, 0.29) is 18.2 Å². The van der Waals surface area contributed by atoms with Crippen molar-refractivity contribution in [2.75, 3.05) is 14.2 Å². The Balaban J connectivity index is 1.60. The van der Waals surface area contributed by atoms with E-state index in [9.17, 15) is 14.0 Å². The molecule has 1 aliphatic carbocycles. The van der Waals surface area contributed by atoms with Gasteiger partial charge in [0.1, 0.15) is 12.4 Å². The Labute approximate surface area is 221 Å². The lowest BCUT2D eigenvalue weighted by atomic mass is 9.79. The van der Waals surface area contributed by atoms with Gasteiger partial charge in [-0.3, -0.25) is 4.79 Å². The maximum absolute atomic E-state index is 13.6. The number of benzene rings is 3. The van der Waals surface area contributed by atoms with E-state index in [1.807, 2.05) is 24.3 Å². The van der Waals surface area contributed by atoms with Crippen molar-refractivity contribution in [2.24, 2.45) is 0 Å². The van der Waals surface area contributed by atoms with Crippen molar-refractivity contribution in [3.8, 4) is 11.5 Å². The number of ketones is 1. The number of rotatable bonds is 6. The van der Waals surface area contributed by atoms with E-state index in [1.165, 1.54) is 26.4 Å². The maximum Gasteiger partial charge on any atom is 0.336 e. The van der Waals surface area contributed by atoms with Crippen molar-refractivity contribution in [3.05, 3.63) is 110 Å². The molecule has 6 nitrogen and oxygen atoms in total. The number of carbonyl (C=O) groups is 2. The minimum absolute atomic E-state index is 0.149. The van der Waals surface area contributed by atoms with E-state index in [0.717, 1.165) is 11.1 Å². The largest absolute Gasteiger partial charge is 0.493 e. The Kier molecular flexibility index (Phi) is 6.60. The molecule has 1 heterocycles. The molecule has 8 heteroatoms. The topological polar surface area (TPSA) is 73.9 Å². The standard InChI is InChI=1S/C29H23BrFNO5/c1-15-23(29(34)36-3)24(25-26(32-15)19-6-4-5-7-20(19)27(25)33)17-12-21(30)28(22(13-17)35-2)37-14-16-8-10-18(31)11-9-16/h4-13,24,32H,14H2,1-3H3/t24-/m0/s1. The highest BCUT2D eigenvalue weighted by Gasteiger charge is 2.43. The first-order valence-corrected chi connectivity index (χ1v) is 12.3. The van der Waals surface area contributed by atoms with E-state index in [0.29, 0.717) is 49.6 Å². The number of allylic oxidation sites excluding steroid dienone is 2. The van der Waals surface area contributed by atoms with Crippen molar-refractivity contribution in [1.82, 2.24) is 5.32 Å². The van der Waals surface area contributed by atoms with E-state index in [4.69, 9.17) is 14.2 Å². The highest BCUT2D eigenvalue weighted by Crippen LogP contribution is 2.49. The Morgan fingerprint density at radius 2 is 1.76 bits per heavy atom. The molecule has 0 saturated heterocycles. The zero-order valence-electron chi connectivity index (χ0n) is 20.4. The Morgan fingerprint density at radius 1 is 1.05 bits per heavy atom. The van der Waals surface area contributed by atoms with Crippen LogP contribution in [-0.4, -0.2) is 26.0 Å². The fourth-order valence-electron chi connectivity index (χ4n) is 4.83. The van der Waals surface area contributed by atoms with Crippen LogP contribution in [0.4, 0.5) is 4.39 Å². The summed E-state index contributed by atoms with van der Waals surface area (Å²) in [4.78, 5) is 26.6. The summed E-state index contributed by atoms with van der Waals surface area (Å²) in [6, 6.07) is 17.0. The number of hydrogen-bond donors (Lipinski definition) is 1. The smallest absolute Gasteiger partial charge is 0.336 e. The third kappa shape index (κ3) is 4.31. The van der Waals surface area contributed by atoms with Crippen LogP contribution in [-0.2, 0) is 16.1 Å². The molecular formula is C29H23BrFNO5. The minimum Gasteiger partial charge on any atom is -0.493 e. The fourth-order valence-corrected chi connectivity index (χ4v) is 5.40. The Hall–Kier alpha value is -3.91. The maximum atomic E-state index is 13.6. The predicted octanol–water partition coefficient (Wildman–Crippen LogP) is 5.92. The zero-order chi connectivity index (χ0) is 26.3. The van der Waals surface area contributed by atoms with Crippen LogP contribution in [0.3, 0.4) is 0 Å². The van der Waals surface area contributed by atoms with Gasteiger partial charge in [0.15, 0.2) is 17.3 Å². The normalized spacial score (nSPS) is 16.2. The number of dihydropyridines is 1. The molecule has 0 bridgehead atoms. The Morgan fingerprint density at radius 3 is 2.43 bits per heavy atom. The number of hydrogen-bond acceptors (Lipinski definition) is 6. The molecule has 0 unspecified atom stereocenters. The molecule has 0 radical (unpaired) electrons. The van der Waals surface area contributed by atoms with Crippen LogP contribution < -0.4 is 14.8 Å². The first-order chi connectivity index (χ1) is 17.8. The summed E-state index contributed by atoms with van der Waals surface area (Å²) < 4.78 is 30.6. The lowest BCUT2D eigenvalue weighted by molar-refractivity contribution is -0.136. The van der Waals surface area contributed by atoms with Gasteiger partial charge in [-0.05, 0) is 58.2 Å². The SMILES string of the molecule is COC(=O)C1=C(C)NC2=C(C(=O)c3ccccc32)[C@H]1c1cc(Br)c(OCc2ccc(F)cc2)c(OC)c1. The predicted molar refractivity (Wildman–Crippen MR) is 140 cm³/mol. The second-order valence-corrected chi connectivity index (χ2v) is 9.56. The third-order valence-electron chi connectivity index (χ3n) is 6.54. The van der Waals surface area contributed by atoms with Crippen LogP contribution in [0.15, 0.2) is 82.0 Å². The summed E-state index contributed by atoms with van der Waals surface area (Å²) in [5, 5.41) is 3.27. The van der Waals surface area contributed by atoms with Gasteiger partial charge in [0.25, 0.3) is 0 Å². The monoisotopic (exact) mass is 563 g/mol. The number of methoxy groups -OCH3 is 2. The van der Waals surface area contributed by atoms with Gasteiger partial charge in [0, 0.05) is 28.3 Å². The highest BCUT2D eigenvalue weighted by atomic mass is 79.9. The van der Waals surface area contributed by atoms with E-state index >= 15 is 0 Å². The van der Waals surface area contributed by atoms with Crippen molar-refractivity contribution < 1.29 is 28.2 Å². The molecule has 37 heavy (non-hydrogen) atoms. The molecule has 0 aromatic heterocycles. The van der Waals surface area contributed by atoms with Crippen LogP contribution in [0.5, 0.6) is 11.5 Å². The highest BCUT2D eigenvalue weighted by molar-refractivity contribution is 9.10. The average molecular weight is 564 g/mol. The molecule has 0 saturated carbocycles. The van der Waals surface area contributed by atoms with Crippen LogP contribution in [0.25, 0.3) is 5.70 Å². The van der Waals surface area contributed by atoms with Gasteiger partial charge in [0.2, 0.25) is 0 Å². The molecule has 3 aromatic carbocycles. The van der Waals surface area contributed by atoms with Crippen LogP contribution in [0.2, 0.25) is 0 Å². The number of carbonyl (C=O) groups excluding carboxylic acids is 2. The Bertz CT molecular complexity index is 1490. The van der Waals surface area contributed by atoms with Crippen LogP contribution >= 0.6 is 15.9 Å². The summed E-state index contributed by atoms with van der Waals surface area (Å²) in [5.41, 5.74) is 4.92. The molecular weight excluding hydrogens is 541 g/mol. The molecule has 1 N–H and O–H groups in total. The van der Waals surface area contributed by atoms with Crippen molar-refractivity contribution in [1.29, 1.82) is 0 Å². The minimum atomic E-state index is -0.694. The summed E-state index contributed by atoms with van der Waals surface area (Å²) in [6.45, 7) is 1.98. The van der Waals surface area contributed by atoms with Gasteiger partial charge >= 0.3 is 5.97 Å². The van der Waals surface area contributed by atoms with Crippen molar-refractivity contribution >= 4 is 33.4 Å². The lowest BCUT2D eigenvalue weighted by Gasteiger charge is -2.29. The van der Waals surface area contributed by atoms with Gasteiger partial charge in [0.05, 0.1) is 30.0 Å². The second kappa shape index (κ2) is 9.86. The number of fused-ring (bicyclic) bond motifs is 2. The average Bonchev–Trinajstić information content (AvgIpc) is 3.18. The van der Waals surface area contributed by atoms with Crippen molar-refractivity contribution in [3.63, 3.8) is 0 Å². The fraction of sp³-hybridized carbons (Fsp3) is 0.172. The third-order valence-corrected chi connectivity index (χ3v) is 7.12. The first-order valence-electron chi connectivity index (χ1n) is 11.5. The second-order valence-electron chi connectivity index (χ2n) is 8.70. The number of nitrogens with one attached hydrogen (secondary N) is 1. The zero-order valence-corrected chi connectivity index (χ0v) is 21.9. The van der Waals surface area contributed by atoms with E-state index in [1.54, 1.807) is 31.2 Å². The van der Waals surface area contributed by atoms with Gasteiger partial charge in [-0.2, -0.15) is 0 Å². The molecule has 188 valence electrons. The van der Waals surface area contributed by atoms with Crippen molar-refractivity contribution in [2.45, 2.75) is 19.4 Å². The molecule has 0 fully saturated rings. The quantitative estimate of drug-likeness (QED) is 0.375. The number of Topliss-reactive ketones (excluding diaryl/α,β-unsaturated/α-hetero) is 1. The molecule has 0 spiro atoms. The van der Waals surface area contributed by atoms with Gasteiger partial charge in [-0.25, -0.2) is 9.18 Å². The molecule has 2 aliphatic rings. The molecule has 5 rings (SSSR count). The summed E-state index contributed by atoms with van der Waals surface area (Å²) >= 11 is 3.58. The molecule has 1 aliphatic heterocycles. The van der Waals surface area contributed by atoms with Crippen LogP contribution in [0, 0.1) is 5.82 Å². The summed E-state index contributed by atoms with van der Waals surface area (Å²) in [5.74, 6) is -0.839. The van der Waals surface area contributed by atoms with E-state index in [2.05, 4.69) is 21.2 Å². The summed E-state index contributed by atoms with van der Waals surface area (Å²) in [6.07, 6.45) is 0. The van der Waals surface area contributed by atoms with Gasteiger partial charge in [-0.15, -0.1) is 0 Å². The first kappa shape index (κ1) is 24.8. The van der Waals surface area contributed by atoms with E-state index < -0.39 is 11.9 Å². The summed E-state index contributed by atoms with van der Waals surface area (Å²) in [7, 11) is 2.83. The lowest BCUT2D eigenvalue weighted by Crippen LogP contribution is -2.29. The molecule has 0 amide bonds. The number of esters is 1. The van der Waals surface area contributed by atoms with Crippen LogP contribution in [0.1, 0.15) is 39.9 Å².